The number of hydrogen-bond donors (Lipinski definition) is 3. The van der Waals surface area contributed by atoms with Crippen molar-refractivity contribution in [2.45, 2.75) is 50.7 Å². The van der Waals surface area contributed by atoms with Crippen molar-refractivity contribution in [2.75, 3.05) is 5.32 Å². The van der Waals surface area contributed by atoms with Crippen molar-refractivity contribution in [2.24, 2.45) is 0 Å². The maximum atomic E-state index is 12.3. The summed E-state index contributed by atoms with van der Waals surface area (Å²) < 4.78 is 32.1. The molecule has 0 fully saturated rings. The first-order valence-electron chi connectivity index (χ1n) is 8.50. The van der Waals surface area contributed by atoms with Gasteiger partial charge >= 0.3 is 0 Å². The second-order valence-corrected chi connectivity index (χ2v) is 8.29. The number of rotatable bonds is 8. The highest BCUT2D eigenvalue weighted by Crippen LogP contribution is 2.15. The quantitative estimate of drug-likeness (QED) is 0.647. The predicted octanol–water partition coefficient (Wildman–Crippen LogP) is 1.62. The van der Waals surface area contributed by atoms with Crippen molar-refractivity contribution in [1.82, 2.24) is 4.72 Å². The van der Waals surface area contributed by atoms with Crippen LogP contribution in [0.4, 0.5) is 5.69 Å². The standard InChI is InChI=1S/C18H25N3O4S/c1-12(2)21-26(23,24)16-9-7-15(8-10-16)20-18(22)14(4)19-13(3)17-6-5-11-25-17/h5-14,19,21H,1-4H3,(H,20,22)/p+1/t13-,14-/m1/s1. The molecule has 8 heteroatoms. The zero-order valence-corrected chi connectivity index (χ0v) is 16.2. The highest BCUT2D eigenvalue weighted by Gasteiger charge is 2.22. The van der Waals surface area contributed by atoms with Gasteiger partial charge in [0.15, 0.2) is 11.8 Å². The molecule has 26 heavy (non-hydrogen) atoms. The third-order valence-corrected chi connectivity index (χ3v) is 5.48. The molecule has 2 rings (SSSR count). The SMILES string of the molecule is CC(C)NS(=O)(=O)c1ccc(NC(=O)[C@@H](C)[NH2+][C@H](C)c2ccco2)cc1. The van der Waals surface area contributed by atoms with E-state index in [4.69, 9.17) is 4.42 Å². The lowest BCUT2D eigenvalue weighted by Gasteiger charge is -2.15. The van der Waals surface area contributed by atoms with E-state index in [-0.39, 0.29) is 28.9 Å². The summed E-state index contributed by atoms with van der Waals surface area (Å²) in [5, 5.41) is 4.70. The van der Waals surface area contributed by atoms with E-state index < -0.39 is 10.0 Å². The van der Waals surface area contributed by atoms with Gasteiger partial charge < -0.3 is 15.1 Å². The molecule has 4 N–H and O–H groups in total. The third-order valence-electron chi connectivity index (χ3n) is 3.81. The van der Waals surface area contributed by atoms with E-state index in [9.17, 15) is 13.2 Å². The number of nitrogens with one attached hydrogen (secondary N) is 2. The monoisotopic (exact) mass is 380 g/mol. The number of nitrogens with two attached hydrogens (primary N) is 1. The van der Waals surface area contributed by atoms with Crippen LogP contribution >= 0.6 is 0 Å². The van der Waals surface area contributed by atoms with E-state index in [0.29, 0.717) is 5.69 Å². The van der Waals surface area contributed by atoms with Crippen LogP contribution < -0.4 is 15.4 Å². The molecule has 1 heterocycles. The number of benzene rings is 1. The summed E-state index contributed by atoms with van der Waals surface area (Å²) >= 11 is 0. The van der Waals surface area contributed by atoms with Gasteiger partial charge in [0.1, 0.15) is 6.04 Å². The summed E-state index contributed by atoms with van der Waals surface area (Å²) in [6.45, 7) is 7.28. The Labute approximate surface area is 154 Å². The van der Waals surface area contributed by atoms with Crippen LogP contribution in [0.1, 0.15) is 39.5 Å². The smallest absolute Gasteiger partial charge is 0.282 e. The number of furan rings is 1. The Balaban J connectivity index is 1.96. The summed E-state index contributed by atoms with van der Waals surface area (Å²) in [6, 6.07) is 9.28. The van der Waals surface area contributed by atoms with Crippen molar-refractivity contribution in [3.05, 3.63) is 48.4 Å². The Kier molecular flexibility index (Phi) is 6.57. The fourth-order valence-corrected chi connectivity index (χ4v) is 3.77. The molecule has 7 nitrogen and oxygen atoms in total. The Hall–Kier alpha value is -2.16. The summed E-state index contributed by atoms with van der Waals surface area (Å²) in [4.78, 5) is 12.5. The van der Waals surface area contributed by atoms with Gasteiger partial charge in [-0.25, -0.2) is 13.1 Å². The molecular weight excluding hydrogens is 354 g/mol. The van der Waals surface area contributed by atoms with Gasteiger partial charge in [-0.3, -0.25) is 4.79 Å². The normalized spacial score (nSPS) is 14.2. The van der Waals surface area contributed by atoms with Gasteiger partial charge in [-0.1, -0.05) is 0 Å². The van der Waals surface area contributed by atoms with Gasteiger partial charge in [0.25, 0.3) is 5.91 Å². The van der Waals surface area contributed by atoms with Crippen LogP contribution in [0.25, 0.3) is 0 Å². The fourth-order valence-electron chi connectivity index (χ4n) is 2.52. The highest BCUT2D eigenvalue weighted by molar-refractivity contribution is 7.89. The van der Waals surface area contributed by atoms with E-state index in [1.165, 1.54) is 12.1 Å². The van der Waals surface area contributed by atoms with E-state index in [0.717, 1.165) is 5.76 Å². The molecule has 0 aliphatic heterocycles. The zero-order chi connectivity index (χ0) is 19.3. The maximum absolute atomic E-state index is 12.3. The van der Waals surface area contributed by atoms with Crippen molar-refractivity contribution < 1.29 is 22.9 Å². The largest absolute Gasteiger partial charge is 0.463 e. The molecule has 1 amide bonds. The van der Waals surface area contributed by atoms with Crippen LogP contribution in [-0.2, 0) is 14.8 Å². The molecule has 0 radical (unpaired) electrons. The van der Waals surface area contributed by atoms with Crippen LogP contribution in [0.15, 0.2) is 52.0 Å². The molecular formula is C18H26N3O4S+. The third kappa shape index (κ3) is 5.42. The highest BCUT2D eigenvalue weighted by atomic mass is 32.2. The molecule has 2 atom stereocenters. The number of carbonyl (C=O) groups excluding carboxylic acids is 1. The first kappa shape index (κ1) is 20.2. The molecule has 0 saturated heterocycles. The van der Waals surface area contributed by atoms with Crippen LogP contribution in [0.2, 0.25) is 0 Å². The van der Waals surface area contributed by atoms with Crippen molar-refractivity contribution in [3.63, 3.8) is 0 Å². The lowest BCUT2D eigenvalue weighted by Crippen LogP contribution is -2.91. The molecule has 2 aromatic rings. The lowest BCUT2D eigenvalue weighted by molar-refractivity contribution is -0.711. The van der Waals surface area contributed by atoms with E-state index in [1.807, 2.05) is 24.4 Å². The Morgan fingerprint density at radius 2 is 1.73 bits per heavy atom. The summed E-state index contributed by atoms with van der Waals surface area (Å²) in [6.07, 6.45) is 1.61. The van der Waals surface area contributed by atoms with Gasteiger partial charge in [-0.15, -0.1) is 0 Å². The minimum Gasteiger partial charge on any atom is -0.463 e. The number of hydrogen-bond acceptors (Lipinski definition) is 4. The number of anilines is 1. The zero-order valence-electron chi connectivity index (χ0n) is 15.4. The summed E-state index contributed by atoms with van der Waals surface area (Å²) in [7, 11) is -3.54. The molecule has 0 saturated carbocycles. The number of carbonyl (C=O) groups is 1. The number of sulfonamides is 1. The molecule has 0 unspecified atom stereocenters. The Morgan fingerprint density at radius 3 is 2.27 bits per heavy atom. The Morgan fingerprint density at radius 1 is 1.08 bits per heavy atom. The molecule has 1 aromatic heterocycles. The van der Waals surface area contributed by atoms with Crippen molar-refractivity contribution in [3.8, 4) is 0 Å². The van der Waals surface area contributed by atoms with Crippen molar-refractivity contribution in [1.29, 1.82) is 0 Å². The average Bonchev–Trinajstić information content (AvgIpc) is 3.08. The topological polar surface area (TPSA) is 105 Å². The lowest BCUT2D eigenvalue weighted by atomic mass is 10.2. The molecule has 1 aromatic carbocycles. The molecule has 0 spiro atoms. The minimum absolute atomic E-state index is 0.0142. The molecule has 142 valence electrons. The van der Waals surface area contributed by atoms with Gasteiger partial charge in [0.05, 0.1) is 11.2 Å². The average molecular weight is 380 g/mol. The van der Waals surface area contributed by atoms with Gasteiger partial charge in [0.2, 0.25) is 10.0 Å². The van der Waals surface area contributed by atoms with E-state index in [2.05, 4.69) is 10.0 Å². The van der Waals surface area contributed by atoms with E-state index >= 15 is 0 Å². The van der Waals surface area contributed by atoms with Crippen LogP contribution in [0, 0.1) is 0 Å². The second kappa shape index (κ2) is 8.48. The van der Waals surface area contributed by atoms with Gasteiger partial charge in [0, 0.05) is 11.7 Å². The Bertz CT molecular complexity index is 815. The fraction of sp³-hybridized carbons (Fsp3) is 0.389. The molecule has 0 bridgehead atoms. The van der Waals surface area contributed by atoms with Crippen LogP contribution in [0.5, 0.6) is 0 Å². The van der Waals surface area contributed by atoms with Crippen LogP contribution in [-0.4, -0.2) is 26.4 Å². The summed E-state index contributed by atoms with van der Waals surface area (Å²) in [5.74, 6) is 0.635. The van der Waals surface area contributed by atoms with Crippen LogP contribution in [0.3, 0.4) is 0 Å². The molecule has 0 aliphatic rings. The van der Waals surface area contributed by atoms with E-state index in [1.54, 1.807) is 39.2 Å². The minimum atomic E-state index is -3.54. The molecule has 0 aliphatic carbocycles. The first-order chi connectivity index (χ1) is 12.2. The second-order valence-electron chi connectivity index (χ2n) is 6.57. The van der Waals surface area contributed by atoms with Gasteiger partial charge in [-0.2, -0.15) is 0 Å². The number of quaternary nitrogens is 1. The predicted molar refractivity (Wildman–Crippen MR) is 99.0 cm³/mol. The van der Waals surface area contributed by atoms with Crippen molar-refractivity contribution >= 4 is 21.6 Å². The van der Waals surface area contributed by atoms with Gasteiger partial charge in [-0.05, 0) is 64.1 Å². The maximum Gasteiger partial charge on any atom is 0.282 e. The number of amides is 1. The first-order valence-corrected chi connectivity index (χ1v) is 9.99. The summed E-state index contributed by atoms with van der Waals surface area (Å²) in [5.41, 5.74) is 0.546.